The van der Waals surface area contributed by atoms with Crippen molar-refractivity contribution in [3.8, 4) is 0 Å². The number of thiophene rings is 1. The first kappa shape index (κ1) is 16.2. The van der Waals surface area contributed by atoms with E-state index in [-0.39, 0.29) is 5.91 Å². The first-order valence-electron chi connectivity index (χ1n) is 6.43. The van der Waals surface area contributed by atoms with Crippen LogP contribution in [0.2, 0.25) is 4.34 Å². The number of para-hydroxylation sites is 1. The van der Waals surface area contributed by atoms with Crippen molar-refractivity contribution in [1.82, 2.24) is 0 Å². The van der Waals surface area contributed by atoms with Crippen LogP contribution in [0.3, 0.4) is 0 Å². The van der Waals surface area contributed by atoms with Crippen LogP contribution in [0, 0.1) is 0 Å². The van der Waals surface area contributed by atoms with E-state index < -0.39 is 16.0 Å². The molecule has 2 unspecified atom stereocenters. The fourth-order valence-electron chi connectivity index (χ4n) is 1.86. The highest BCUT2D eigenvalue weighted by Gasteiger charge is 2.24. The molecule has 2 rings (SSSR count). The standard InChI is InChI=1S/C15H16ClNO2S2/c1-11(21(19)10-13-8-9-14(16)20-13)15(18)17(2)12-6-4-3-5-7-12/h3-9,11H,10H2,1-2H3. The number of benzene rings is 1. The number of carbonyl (C=O) groups excluding carboxylic acids is 1. The summed E-state index contributed by atoms with van der Waals surface area (Å²) in [4.78, 5) is 14.9. The van der Waals surface area contributed by atoms with Crippen LogP contribution in [0.1, 0.15) is 11.8 Å². The zero-order chi connectivity index (χ0) is 15.4. The molecule has 1 amide bonds. The Morgan fingerprint density at radius 2 is 1.95 bits per heavy atom. The molecule has 0 fully saturated rings. The van der Waals surface area contributed by atoms with Gasteiger partial charge in [0.05, 0.1) is 10.1 Å². The third-order valence-electron chi connectivity index (χ3n) is 3.13. The van der Waals surface area contributed by atoms with Gasteiger partial charge in [0, 0.05) is 28.4 Å². The van der Waals surface area contributed by atoms with Crippen molar-refractivity contribution in [3.63, 3.8) is 0 Å². The maximum Gasteiger partial charge on any atom is 0.242 e. The lowest BCUT2D eigenvalue weighted by atomic mass is 10.3. The second-order valence-corrected chi connectivity index (χ2v) is 8.16. The van der Waals surface area contributed by atoms with Crippen LogP contribution < -0.4 is 4.90 Å². The van der Waals surface area contributed by atoms with Crippen molar-refractivity contribution in [2.24, 2.45) is 0 Å². The predicted molar refractivity (Wildman–Crippen MR) is 90.5 cm³/mol. The third kappa shape index (κ3) is 4.15. The molecule has 0 bridgehead atoms. The minimum absolute atomic E-state index is 0.151. The summed E-state index contributed by atoms with van der Waals surface area (Å²) in [5.74, 6) is 0.203. The van der Waals surface area contributed by atoms with Crippen molar-refractivity contribution >= 4 is 45.3 Å². The SMILES string of the molecule is CC(C(=O)N(C)c1ccccc1)S(=O)Cc1ccc(Cl)s1. The van der Waals surface area contributed by atoms with E-state index in [2.05, 4.69) is 0 Å². The van der Waals surface area contributed by atoms with Crippen LogP contribution in [-0.4, -0.2) is 22.4 Å². The minimum atomic E-state index is -1.27. The molecule has 1 aromatic carbocycles. The van der Waals surface area contributed by atoms with Gasteiger partial charge in [0.2, 0.25) is 5.91 Å². The Morgan fingerprint density at radius 1 is 1.29 bits per heavy atom. The maximum atomic E-state index is 12.4. The molecule has 0 aliphatic carbocycles. The van der Waals surface area contributed by atoms with Gasteiger partial charge in [0.25, 0.3) is 0 Å². The Balaban J connectivity index is 2.03. The zero-order valence-corrected chi connectivity index (χ0v) is 14.2. The number of carbonyl (C=O) groups is 1. The normalized spacial score (nSPS) is 13.7. The first-order valence-corrected chi connectivity index (χ1v) is 9.00. The van der Waals surface area contributed by atoms with E-state index in [1.165, 1.54) is 11.3 Å². The molecular weight excluding hydrogens is 326 g/mol. The lowest BCUT2D eigenvalue weighted by Gasteiger charge is -2.21. The van der Waals surface area contributed by atoms with Crippen LogP contribution in [0.4, 0.5) is 5.69 Å². The molecule has 2 aromatic rings. The maximum absolute atomic E-state index is 12.4. The monoisotopic (exact) mass is 341 g/mol. The van der Waals surface area contributed by atoms with Crippen molar-refractivity contribution in [1.29, 1.82) is 0 Å². The van der Waals surface area contributed by atoms with Gasteiger partial charge in [-0.15, -0.1) is 11.3 Å². The highest BCUT2D eigenvalue weighted by atomic mass is 35.5. The molecule has 0 spiro atoms. The largest absolute Gasteiger partial charge is 0.314 e. The molecule has 0 N–H and O–H groups in total. The van der Waals surface area contributed by atoms with Crippen LogP contribution in [0.5, 0.6) is 0 Å². The molecule has 0 saturated carbocycles. The molecular formula is C15H16ClNO2S2. The van der Waals surface area contributed by atoms with E-state index >= 15 is 0 Å². The number of anilines is 1. The van der Waals surface area contributed by atoms with Crippen LogP contribution >= 0.6 is 22.9 Å². The first-order chi connectivity index (χ1) is 9.99. The Hall–Kier alpha value is -1.17. The molecule has 0 radical (unpaired) electrons. The second kappa shape index (κ2) is 7.20. The van der Waals surface area contributed by atoms with Gasteiger partial charge in [-0.3, -0.25) is 9.00 Å². The number of halogens is 1. The van der Waals surface area contributed by atoms with Gasteiger partial charge in [-0.2, -0.15) is 0 Å². The summed E-state index contributed by atoms with van der Waals surface area (Å²) in [6.45, 7) is 1.70. The fraction of sp³-hybridized carbons (Fsp3) is 0.267. The average Bonchev–Trinajstić information content (AvgIpc) is 2.90. The molecule has 0 aliphatic heterocycles. The van der Waals surface area contributed by atoms with Gasteiger partial charge in [-0.25, -0.2) is 0 Å². The quantitative estimate of drug-likeness (QED) is 0.831. The number of hydrogen-bond acceptors (Lipinski definition) is 3. The van der Waals surface area contributed by atoms with E-state index in [0.717, 1.165) is 10.6 Å². The molecule has 112 valence electrons. The summed E-state index contributed by atoms with van der Waals surface area (Å²) < 4.78 is 13.0. The smallest absolute Gasteiger partial charge is 0.242 e. The highest BCUT2D eigenvalue weighted by molar-refractivity contribution is 7.85. The molecule has 0 aliphatic rings. The Morgan fingerprint density at radius 3 is 2.52 bits per heavy atom. The van der Waals surface area contributed by atoms with E-state index in [4.69, 9.17) is 11.6 Å². The van der Waals surface area contributed by atoms with Gasteiger partial charge in [-0.05, 0) is 31.2 Å². The number of hydrogen-bond donors (Lipinski definition) is 0. The molecule has 0 saturated heterocycles. The second-order valence-electron chi connectivity index (χ2n) is 4.61. The summed E-state index contributed by atoms with van der Waals surface area (Å²) >= 11 is 7.26. The summed E-state index contributed by atoms with van der Waals surface area (Å²) in [7, 11) is 0.435. The Labute approximate surface area is 136 Å². The van der Waals surface area contributed by atoms with Gasteiger partial charge < -0.3 is 4.90 Å². The lowest BCUT2D eigenvalue weighted by molar-refractivity contribution is -0.117. The van der Waals surface area contributed by atoms with Gasteiger partial charge in [0.15, 0.2) is 0 Å². The predicted octanol–water partition coefficient (Wildman–Crippen LogP) is 3.70. The summed E-state index contributed by atoms with van der Waals surface area (Å²) in [6.07, 6.45) is 0. The number of nitrogens with zero attached hydrogens (tertiary/aromatic N) is 1. The van der Waals surface area contributed by atoms with Crippen molar-refractivity contribution < 1.29 is 9.00 Å². The molecule has 21 heavy (non-hydrogen) atoms. The molecule has 6 heteroatoms. The zero-order valence-electron chi connectivity index (χ0n) is 11.8. The Bertz CT molecular complexity index is 642. The van der Waals surface area contributed by atoms with Crippen molar-refractivity contribution in [2.45, 2.75) is 17.9 Å². The third-order valence-corrected chi connectivity index (χ3v) is 6.13. The lowest BCUT2D eigenvalue weighted by Crippen LogP contribution is -2.37. The van der Waals surface area contributed by atoms with E-state index in [9.17, 15) is 9.00 Å². The van der Waals surface area contributed by atoms with Crippen molar-refractivity contribution in [2.75, 3.05) is 11.9 Å². The summed E-state index contributed by atoms with van der Waals surface area (Å²) in [6, 6.07) is 13.0. The summed E-state index contributed by atoms with van der Waals surface area (Å²) in [5.41, 5.74) is 0.797. The van der Waals surface area contributed by atoms with Crippen LogP contribution in [-0.2, 0) is 21.3 Å². The number of amides is 1. The molecule has 1 aromatic heterocycles. The topological polar surface area (TPSA) is 37.4 Å². The molecule has 3 nitrogen and oxygen atoms in total. The van der Waals surface area contributed by atoms with Crippen LogP contribution in [0.25, 0.3) is 0 Å². The number of rotatable bonds is 5. The average molecular weight is 342 g/mol. The van der Waals surface area contributed by atoms with E-state index in [1.807, 2.05) is 36.4 Å². The molecule has 2 atom stereocenters. The van der Waals surface area contributed by atoms with Gasteiger partial charge >= 0.3 is 0 Å². The van der Waals surface area contributed by atoms with Crippen molar-refractivity contribution in [3.05, 3.63) is 51.7 Å². The molecule has 1 heterocycles. The van der Waals surface area contributed by atoms with Gasteiger partial charge in [-0.1, -0.05) is 29.8 Å². The van der Waals surface area contributed by atoms with Gasteiger partial charge in [0.1, 0.15) is 5.25 Å². The fourth-order valence-corrected chi connectivity index (χ4v) is 4.34. The minimum Gasteiger partial charge on any atom is -0.314 e. The Kier molecular flexibility index (Phi) is 5.56. The highest BCUT2D eigenvalue weighted by Crippen LogP contribution is 2.23. The van der Waals surface area contributed by atoms with E-state index in [0.29, 0.717) is 10.1 Å². The van der Waals surface area contributed by atoms with E-state index in [1.54, 1.807) is 24.9 Å². The summed E-state index contributed by atoms with van der Waals surface area (Å²) in [5, 5.41) is -0.559. The van der Waals surface area contributed by atoms with Crippen LogP contribution in [0.15, 0.2) is 42.5 Å².